The van der Waals surface area contributed by atoms with E-state index in [1.165, 1.54) is 17.1 Å². The first-order valence-corrected chi connectivity index (χ1v) is 12.8. The van der Waals surface area contributed by atoms with Gasteiger partial charge in [-0.2, -0.15) is 0 Å². The molecule has 7 heteroatoms. The van der Waals surface area contributed by atoms with E-state index < -0.39 is 10.0 Å². The van der Waals surface area contributed by atoms with Gasteiger partial charge in [-0.25, -0.2) is 8.42 Å². The van der Waals surface area contributed by atoms with Crippen molar-refractivity contribution in [3.05, 3.63) is 59.2 Å². The summed E-state index contributed by atoms with van der Waals surface area (Å²) in [5.41, 5.74) is 3.34. The quantitative estimate of drug-likeness (QED) is 0.540. The summed E-state index contributed by atoms with van der Waals surface area (Å²) < 4.78 is 33.9. The van der Waals surface area contributed by atoms with Crippen LogP contribution in [0.25, 0.3) is 0 Å². The Bertz CT molecular complexity index is 992. The van der Waals surface area contributed by atoms with E-state index in [1.54, 1.807) is 36.4 Å². The number of anilines is 1. The maximum absolute atomic E-state index is 13.5. The molecule has 1 aliphatic rings. The average molecular weight is 459 g/mol. The fourth-order valence-electron chi connectivity index (χ4n) is 4.04. The monoisotopic (exact) mass is 458 g/mol. The van der Waals surface area contributed by atoms with Crippen LogP contribution in [-0.4, -0.2) is 40.1 Å². The minimum absolute atomic E-state index is 0.167. The molecular weight excluding hydrogens is 424 g/mol. The largest absolute Gasteiger partial charge is 0.378 e. The average Bonchev–Trinajstić information content (AvgIpc) is 3.25. The van der Waals surface area contributed by atoms with Crippen LogP contribution in [-0.2, 0) is 19.6 Å². The fourth-order valence-corrected chi connectivity index (χ4v) is 5.44. The number of rotatable bonds is 10. The lowest BCUT2D eigenvalue weighted by Crippen LogP contribution is -2.41. The maximum Gasteiger partial charge on any atom is 0.264 e. The van der Waals surface area contributed by atoms with Crippen LogP contribution in [0.2, 0.25) is 0 Å². The lowest BCUT2D eigenvalue weighted by atomic mass is 10.1. The van der Waals surface area contributed by atoms with Crippen molar-refractivity contribution in [2.24, 2.45) is 0 Å². The standard InChI is InChI=1S/C25H34N2O4S/c1-19-9-11-24(12-10-19)32(29,30)27(22-16-20(2)15-21(3)17-22)18-25(28)26-13-6-14-31-23-7-4-5-8-23/h9-12,15-17,23H,4-8,13-14,18H2,1-3H3,(H,26,28). The first kappa shape index (κ1) is 24.3. The van der Waals surface area contributed by atoms with E-state index in [4.69, 9.17) is 4.74 Å². The predicted molar refractivity (Wildman–Crippen MR) is 127 cm³/mol. The van der Waals surface area contributed by atoms with Crippen LogP contribution in [0.4, 0.5) is 5.69 Å². The molecule has 0 aromatic heterocycles. The Hall–Kier alpha value is -2.38. The number of ether oxygens (including phenoxy) is 1. The van der Waals surface area contributed by atoms with Gasteiger partial charge in [0.05, 0.1) is 16.7 Å². The smallest absolute Gasteiger partial charge is 0.264 e. The summed E-state index contributed by atoms with van der Waals surface area (Å²) in [5, 5.41) is 2.85. The van der Waals surface area contributed by atoms with Crippen molar-refractivity contribution in [3.63, 3.8) is 0 Å². The van der Waals surface area contributed by atoms with Crippen LogP contribution < -0.4 is 9.62 Å². The maximum atomic E-state index is 13.5. The SMILES string of the molecule is Cc1ccc(S(=O)(=O)N(CC(=O)NCCCOC2CCCC2)c2cc(C)cc(C)c2)cc1. The molecule has 1 aliphatic carbocycles. The molecule has 174 valence electrons. The molecule has 1 N–H and O–H groups in total. The third-order valence-electron chi connectivity index (χ3n) is 5.69. The topological polar surface area (TPSA) is 75.7 Å². The highest BCUT2D eigenvalue weighted by Gasteiger charge is 2.27. The van der Waals surface area contributed by atoms with E-state index in [0.717, 1.165) is 29.5 Å². The zero-order chi connectivity index (χ0) is 23.1. The van der Waals surface area contributed by atoms with E-state index in [9.17, 15) is 13.2 Å². The lowest BCUT2D eigenvalue weighted by molar-refractivity contribution is -0.119. The summed E-state index contributed by atoms with van der Waals surface area (Å²) in [4.78, 5) is 12.9. The summed E-state index contributed by atoms with van der Waals surface area (Å²) >= 11 is 0. The molecule has 0 spiro atoms. The van der Waals surface area contributed by atoms with Gasteiger partial charge < -0.3 is 10.1 Å². The number of carbonyl (C=O) groups excluding carboxylic acids is 1. The molecule has 6 nitrogen and oxygen atoms in total. The second-order valence-electron chi connectivity index (χ2n) is 8.65. The number of carbonyl (C=O) groups is 1. The van der Waals surface area contributed by atoms with Crippen molar-refractivity contribution < 1.29 is 17.9 Å². The van der Waals surface area contributed by atoms with Crippen molar-refractivity contribution >= 4 is 21.6 Å². The van der Waals surface area contributed by atoms with Crippen LogP contribution in [0, 0.1) is 20.8 Å². The van der Waals surface area contributed by atoms with E-state index in [0.29, 0.717) is 31.4 Å². The molecule has 3 rings (SSSR count). The third-order valence-corrected chi connectivity index (χ3v) is 7.48. The fraction of sp³-hybridized carbons (Fsp3) is 0.480. The first-order chi connectivity index (χ1) is 15.3. The van der Waals surface area contributed by atoms with Gasteiger partial charge in [0.25, 0.3) is 10.0 Å². The van der Waals surface area contributed by atoms with Gasteiger partial charge in [-0.05, 0) is 75.4 Å². The van der Waals surface area contributed by atoms with Gasteiger partial charge in [0.15, 0.2) is 0 Å². The molecule has 0 unspecified atom stereocenters. The molecule has 2 aromatic carbocycles. The highest BCUT2D eigenvalue weighted by atomic mass is 32.2. The molecule has 0 radical (unpaired) electrons. The Morgan fingerprint density at radius 2 is 1.62 bits per heavy atom. The van der Waals surface area contributed by atoms with E-state index in [-0.39, 0.29) is 17.3 Å². The molecule has 0 atom stereocenters. The van der Waals surface area contributed by atoms with Gasteiger partial charge in [0, 0.05) is 13.2 Å². The lowest BCUT2D eigenvalue weighted by Gasteiger charge is -2.25. The molecule has 1 saturated carbocycles. The van der Waals surface area contributed by atoms with Crippen molar-refractivity contribution in [1.29, 1.82) is 0 Å². The number of amides is 1. The van der Waals surface area contributed by atoms with Gasteiger partial charge in [0.1, 0.15) is 6.54 Å². The molecular formula is C25H34N2O4S. The van der Waals surface area contributed by atoms with Gasteiger partial charge in [-0.15, -0.1) is 0 Å². The van der Waals surface area contributed by atoms with Crippen LogP contribution in [0.1, 0.15) is 48.8 Å². The predicted octanol–water partition coefficient (Wildman–Crippen LogP) is 4.27. The number of aryl methyl sites for hydroxylation is 3. The molecule has 32 heavy (non-hydrogen) atoms. The number of hydrogen-bond donors (Lipinski definition) is 1. The molecule has 2 aromatic rings. The second kappa shape index (κ2) is 11.0. The Balaban J connectivity index is 1.69. The minimum Gasteiger partial charge on any atom is -0.378 e. The Morgan fingerprint density at radius 1 is 1.00 bits per heavy atom. The summed E-state index contributed by atoms with van der Waals surface area (Å²) in [6.07, 6.45) is 5.75. The molecule has 1 amide bonds. The van der Waals surface area contributed by atoms with E-state index in [1.807, 2.05) is 26.8 Å². The normalized spacial score (nSPS) is 14.5. The van der Waals surface area contributed by atoms with E-state index in [2.05, 4.69) is 5.32 Å². The third kappa shape index (κ3) is 6.56. The van der Waals surface area contributed by atoms with Crippen LogP contribution in [0.15, 0.2) is 47.4 Å². The summed E-state index contributed by atoms with van der Waals surface area (Å²) in [7, 11) is -3.90. The molecule has 1 fully saturated rings. The highest BCUT2D eigenvalue weighted by Crippen LogP contribution is 2.26. The Kier molecular flexibility index (Phi) is 8.32. The zero-order valence-electron chi connectivity index (χ0n) is 19.3. The van der Waals surface area contributed by atoms with Crippen molar-refractivity contribution in [3.8, 4) is 0 Å². The molecule has 0 aliphatic heterocycles. The van der Waals surface area contributed by atoms with Crippen LogP contribution in [0.5, 0.6) is 0 Å². The highest BCUT2D eigenvalue weighted by molar-refractivity contribution is 7.92. The second-order valence-corrected chi connectivity index (χ2v) is 10.5. The summed E-state index contributed by atoms with van der Waals surface area (Å²) in [6, 6.07) is 12.2. The van der Waals surface area contributed by atoms with Crippen molar-refractivity contribution in [2.75, 3.05) is 24.0 Å². The van der Waals surface area contributed by atoms with Crippen molar-refractivity contribution in [1.82, 2.24) is 5.32 Å². The number of benzene rings is 2. The summed E-state index contributed by atoms with van der Waals surface area (Å²) in [5.74, 6) is -0.333. The van der Waals surface area contributed by atoms with E-state index >= 15 is 0 Å². The minimum atomic E-state index is -3.90. The summed E-state index contributed by atoms with van der Waals surface area (Å²) in [6.45, 7) is 6.52. The molecule has 0 bridgehead atoms. The zero-order valence-corrected chi connectivity index (χ0v) is 20.1. The van der Waals surface area contributed by atoms with Gasteiger partial charge >= 0.3 is 0 Å². The number of sulfonamides is 1. The number of nitrogens with zero attached hydrogens (tertiary/aromatic N) is 1. The molecule has 0 heterocycles. The van der Waals surface area contributed by atoms with Gasteiger partial charge in [-0.3, -0.25) is 9.10 Å². The first-order valence-electron chi connectivity index (χ1n) is 11.3. The van der Waals surface area contributed by atoms with Crippen LogP contribution >= 0.6 is 0 Å². The van der Waals surface area contributed by atoms with Crippen LogP contribution in [0.3, 0.4) is 0 Å². The van der Waals surface area contributed by atoms with Gasteiger partial charge in [-0.1, -0.05) is 36.6 Å². The number of hydrogen-bond acceptors (Lipinski definition) is 4. The Labute approximate surface area is 192 Å². The molecule has 0 saturated heterocycles. The Morgan fingerprint density at radius 3 is 2.25 bits per heavy atom. The van der Waals surface area contributed by atoms with Crippen molar-refractivity contribution in [2.45, 2.75) is 63.9 Å². The number of nitrogens with one attached hydrogen (secondary N) is 1. The van der Waals surface area contributed by atoms with Gasteiger partial charge in [0.2, 0.25) is 5.91 Å².